The fourth-order valence-corrected chi connectivity index (χ4v) is 2.35. The summed E-state index contributed by atoms with van der Waals surface area (Å²) in [6.07, 6.45) is -2.85. The van der Waals surface area contributed by atoms with Gasteiger partial charge in [0.05, 0.1) is 24.8 Å². The van der Waals surface area contributed by atoms with Gasteiger partial charge in [0, 0.05) is 12.4 Å². The number of hydrogen-bond donors (Lipinski definition) is 2. The number of carbonyl (C=O) groups excluding carboxylic acids is 1. The molecule has 0 saturated heterocycles. The van der Waals surface area contributed by atoms with E-state index in [9.17, 15) is 18.0 Å². The second-order valence-corrected chi connectivity index (χ2v) is 5.41. The molecule has 0 aliphatic carbocycles. The Morgan fingerprint density at radius 3 is 2.75 bits per heavy atom. The molecule has 1 aromatic carbocycles. The van der Waals surface area contributed by atoms with E-state index in [4.69, 9.17) is 4.74 Å². The Balaban J connectivity index is 1.70. The molecule has 11 heteroatoms. The molecular formula is C17H14F3N5O3. The summed E-state index contributed by atoms with van der Waals surface area (Å²) in [5.41, 5.74) is 0.288. The molecule has 8 nitrogen and oxygen atoms in total. The van der Waals surface area contributed by atoms with Crippen molar-refractivity contribution in [3.63, 3.8) is 0 Å². The summed E-state index contributed by atoms with van der Waals surface area (Å²) in [4.78, 5) is 20.1. The lowest BCUT2D eigenvalue weighted by atomic mass is 10.2. The van der Waals surface area contributed by atoms with E-state index in [1.165, 1.54) is 7.11 Å². The number of amides is 1. The monoisotopic (exact) mass is 393 g/mol. The first-order chi connectivity index (χ1) is 13.4. The lowest BCUT2D eigenvalue weighted by Crippen LogP contribution is -2.26. The van der Waals surface area contributed by atoms with E-state index in [0.29, 0.717) is 23.0 Å². The number of aromatic nitrogens is 4. The molecule has 0 saturated carbocycles. The van der Waals surface area contributed by atoms with Crippen LogP contribution in [0.5, 0.6) is 11.5 Å². The van der Waals surface area contributed by atoms with Crippen LogP contribution in [0.2, 0.25) is 0 Å². The molecule has 0 spiro atoms. The Kier molecular flexibility index (Phi) is 5.43. The number of para-hydroxylation sites is 1. The van der Waals surface area contributed by atoms with Crippen LogP contribution in [0.15, 0.2) is 42.7 Å². The number of halogens is 3. The van der Waals surface area contributed by atoms with Gasteiger partial charge in [0.25, 0.3) is 5.91 Å². The van der Waals surface area contributed by atoms with Crippen LogP contribution in [0.3, 0.4) is 0 Å². The Morgan fingerprint density at radius 2 is 2.00 bits per heavy atom. The normalized spacial score (nSPS) is 11.1. The highest BCUT2D eigenvalue weighted by molar-refractivity contribution is 5.96. The van der Waals surface area contributed by atoms with Crippen LogP contribution in [0.4, 0.5) is 13.2 Å². The SMILES string of the molecule is COc1ccccc1-c1n[nH]c(CNC(=O)c2cnccc2OC(F)(F)F)n1. The average Bonchev–Trinajstić information content (AvgIpc) is 3.14. The Labute approximate surface area is 156 Å². The molecule has 2 aromatic heterocycles. The maximum absolute atomic E-state index is 12.5. The number of nitrogens with zero attached hydrogens (tertiary/aromatic N) is 3. The maximum Gasteiger partial charge on any atom is 0.573 e. The molecule has 0 aliphatic heterocycles. The highest BCUT2D eigenvalue weighted by Crippen LogP contribution is 2.27. The Bertz CT molecular complexity index is 974. The largest absolute Gasteiger partial charge is 0.573 e. The Morgan fingerprint density at radius 1 is 1.21 bits per heavy atom. The second-order valence-electron chi connectivity index (χ2n) is 5.41. The quantitative estimate of drug-likeness (QED) is 0.668. The van der Waals surface area contributed by atoms with Crippen molar-refractivity contribution in [2.24, 2.45) is 0 Å². The third-order valence-electron chi connectivity index (χ3n) is 3.55. The molecule has 28 heavy (non-hydrogen) atoms. The van der Waals surface area contributed by atoms with Gasteiger partial charge in [-0.2, -0.15) is 5.10 Å². The maximum atomic E-state index is 12.5. The van der Waals surface area contributed by atoms with Crippen molar-refractivity contribution in [2.75, 3.05) is 7.11 Å². The fraction of sp³-hybridized carbons (Fsp3) is 0.176. The molecule has 146 valence electrons. The van der Waals surface area contributed by atoms with Crippen LogP contribution in [0.1, 0.15) is 16.2 Å². The zero-order valence-corrected chi connectivity index (χ0v) is 14.4. The first-order valence-corrected chi connectivity index (χ1v) is 7.90. The van der Waals surface area contributed by atoms with Gasteiger partial charge in [-0.3, -0.25) is 14.9 Å². The summed E-state index contributed by atoms with van der Waals surface area (Å²) in [7, 11) is 1.52. The van der Waals surface area contributed by atoms with Crippen molar-refractivity contribution in [1.29, 1.82) is 0 Å². The first kappa shape index (κ1) is 19.1. The highest BCUT2D eigenvalue weighted by Gasteiger charge is 2.33. The molecule has 0 unspecified atom stereocenters. The number of carbonyl (C=O) groups is 1. The van der Waals surface area contributed by atoms with Gasteiger partial charge in [-0.1, -0.05) is 12.1 Å². The predicted molar refractivity (Wildman–Crippen MR) is 90.5 cm³/mol. The van der Waals surface area contributed by atoms with E-state index >= 15 is 0 Å². The highest BCUT2D eigenvalue weighted by atomic mass is 19.4. The number of benzene rings is 1. The minimum absolute atomic E-state index is 0.0959. The molecule has 2 N–H and O–H groups in total. The topological polar surface area (TPSA) is 102 Å². The van der Waals surface area contributed by atoms with Crippen molar-refractivity contribution in [3.05, 3.63) is 54.1 Å². The zero-order chi connectivity index (χ0) is 20.1. The van der Waals surface area contributed by atoms with Crippen LogP contribution in [0.25, 0.3) is 11.4 Å². The van der Waals surface area contributed by atoms with Crippen LogP contribution < -0.4 is 14.8 Å². The lowest BCUT2D eigenvalue weighted by Gasteiger charge is -2.12. The van der Waals surface area contributed by atoms with Crippen molar-refractivity contribution in [3.8, 4) is 22.9 Å². The van der Waals surface area contributed by atoms with E-state index in [2.05, 4.69) is 30.2 Å². The molecule has 0 fully saturated rings. The third kappa shape index (κ3) is 4.55. The minimum atomic E-state index is -4.93. The molecular weight excluding hydrogens is 379 g/mol. The summed E-state index contributed by atoms with van der Waals surface area (Å²) in [6, 6.07) is 8.06. The molecule has 3 aromatic rings. The van der Waals surface area contributed by atoms with Gasteiger partial charge in [-0.15, -0.1) is 13.2 Å². The summed E-state index contributed by atoms with van der Waals surface area (Å²) in [5.74, 6) is -0.225. The molecule has 0 atom stereocenters. The molecule has 3 rings (SSSR count). The summed E-state index contributed by atoms with van der Waals surface area (Å²) in [5, 5.41) is 9.16. The van der Waals surface area contributed by atoms with E-state index in [1.807, 2.05) is 0 Å². The minimum Gasteiger partial charge on any atom is -0.496 e. The second kappa shape index (κ2) is 7.94. The van der Waals surface area contributed by atoms with E-state index in [0.717, 1.165) is 18.5 Å². The third-order valence-corrected chi connectivity index (χ3v) is 3.55. The van der Waals surface area contributed by atoms with Gasteiger partial charge in [0.1, 0.15) is 17.3 Å². The van der Waals surface area contributed by atoms with Crippen LogP contribution >= 0.6 is 0 Å². The van der Waals surface area contributed by atoms with Gasteiger partial charge in [-0.25, -0.2) is 4.98 Å². The van der Waals surface area contributed by atoms with Crippen LogP contribution in [0, 0.1) is 0 Å². The number of methoxy groups -OCH3 is 1. The number of ether oxygens (including phenoxy) is 2. The summed E-state index contributed by atoms with van der Waals surface area (Å²) < 4.78 is 46.4. The molecule has 1 amide bonds. The number of nitrogens with one attached hydrogen (secondary N) is 2. The molecule has 2 heterocycles. The Hall–Kier alpha value is -3.63. The van der Waals surface area contributed by atoms with Crippen LogP contribution in [-0.4, -0.2) is 39.5 Å². The van der Waals surface area contributed by atoms with Gasteiger partial charge >= 0.3 is 6.36 Å². The lowest BCUT2D eigenvalue weighted by molar-refractivity contribution is -0.274. The standard InChI is InChI=1S/C17H14F3N5O3/c1-27-12-5-3-2-4-10(12)15-23-14(24-25-15)9-22-16(26)11-8-21-7-6-13(11)28-17(18,19)20/h2-8H,9H2,1H3,(H,22,26)(H,23,24,25). The van der Waals surface area contributed by atoms with Crippen LogP contribution in [-0.2, 0) is 6.54 Å². The van der Waals surface area contributed by atoms with Gasteiger partial charge in [0.15, 0.2) is 5.82 Å². The number of rotatable bonds is 6. The van der Waals surface area contributed by atoms with E-state index < -0.39 is 18.0 Å². The average molecular weight is 393 g/mol. The summed E-state index contributed by atoms with van der Waals surface area (Å²) in [6.45, 7) is -0.0959. The van der Waals surface area contributed by atoms with Gasteiger partial charge < -0.3 is 14.8 Å². The van der Waals surface area contributed by atoms with Crippen molar-refractivity contribution in [2.45, 2.75) is 12.9 Å². The summed E-state index contributed by atoms with van der Waals surface area (Å²) >= 11 is 0. The molecule has 0 aliphatic rings. The first-order valence-electron chi connectivity index (χ1n) is 7.90. The van der Waals surface area contributed by atoms with Crippen molar-refractivity contribution in [1.82, 2.24) is 25.5 Å². The van der Waals surface area contributed by atoms with Gasteiger partial charge in [0.2, 0.25) is 0 Å². The number of pyridine rings is 1. The number of H-pyrrole nitrogens is 1. The van der Waals surface area contributed by atoms with Crippen molar-refractivity contribution >= 4 is 5.91 Å². The molecule has 0 bridgehead atoms. The van der Waals surface area contributed by atoms with Gasteiger partial charge in [-0.05, 0) is 18.2 Å². The predicted octanol–water partition coefficient (Wildman–Crippen LogP) is 2.70. The van der Waals surface area contributed by atoms with E-state index in [1.54, 1.807) is 24.3 Å². The zero-order valence-electron chi connectivity index (χ0n) is 14.4. The van der Waals surface area contributed by atoms with Crippen molar-refractivity contribution < 1.29 is 27.4 Å². The van der Waals surface area contributed by atoms with E-state index in [-0.39, 0.29) is 12.1 Å². The fourth-order valence-electron chi connectivity index (χ4n) is 2.35. The number of hydrogen-bond acceptors (Lipinski definition) is 6. The number of aromatic amines is 1. The number of alkyl halides is 3. The molecule has 0 radical (unpaired) electrons. The smallest absolute Gasteiger partial charge is 0.496 e.